The summed E-state index contributed by atoms with van der Waals surface area (Å²) in [6.07, 6.45) is -3.63. The highest BCUT2D eigenvalue weighted by molar-refractivity contribution is 7.10. The van der Waals surface area contributed by atoms with Crippen molar-refractivity contribution in [3.63, 3.8) is 0 Å². The molecule has 25 heavy (non-hydrogen) atoms. The van der Waals surface area contributed by atoms with E-state index >= 15 is 0 Å². The molecular weight excluding hydrogens is 349 g/mol. The number of aryl methyl sites for hydroxylation is 1. The second-order valence-electron chi connectivity index (χ2n) is 5.75. The molecule has 0 unspecified atom stereocenters. The third-order valence-corrected chi connectivity index (χ3v) is 4.99. The molecule has 0 aliphatic heterocycles. The lowest BCUT2D eigenvalue weighted by Crippen LogP contribution is -2.28. The predicted molar refractivity (Wildman–Crippen MR) is 91.6 cm³/mol. The van der Waals surface area contributed by atoms with Crippen molar-refractivity contribution in [3.8, 4) is 0 Å². The van der Waals surface area contributed by atoms with E-state index in [4.69, 9.17) is 0 Å². The lowest BCUT2D eigenvalue weighted by molar-refractivity contribution is -0.136. The minimum Gasteiger partial charge on any atom is -0.336 e. The number of alkyl halides is 3. The Morgan fingerprint density at radius 2 is 1.96 bits per heavy atom. The van der Waals surface area contributed by atoms with Gasteiger partial charge < -0.3 is 4.90 Å². The number of aromatic nitrogens is 1. The van der Waals surface area contributed by atoms with Gasteiger partial charge in [-0.2, -0.15) is 13.2 Å². The summed E-state index contributed by atoms with van der Waals surface area (Å²) in [6.45, 7) is 2.16. The van der Waals surface area contributed by atoms with E-state index in [9.17, 15) is 18.0 Å². The fraction of sp³-hybridized carbons (Fsp3) is 0.222. The lowest BCUT2D eigenvalue weighted by atomic mass is 10.0. The minimum atomic E-state index is -4.65. The summed E-state index contributed by atoms with van der Waals surface area (Å²) in [6, 6.07) is 7.87. The molecule has 0 fully saturated rings. The average Bonchev–Trinajstić information content (AvgIpc) is 2.97. The molecule has 1 aromatic carbocycles. The Balaban J connectivity index is 2.05. The summed E-state index contributed by atoms with van der Waals surface area (Å²) in [7, 11) is 1.50. The van der Waals surface area contributed by atoms with Gasteiger partial charge in [-0.05, 0) is 30.0 Å². The number of amides is 1. The SMILES string of the molecule is Cc1ccsc1CN(C)C(=O)c1cnc2ccccc2c1C(F)(F)F. The number of halogens is 3. The predicted octanol–water partition coefficient (Wildman–Crippen LogP) is 4.90. The number of carbonyl (C=O) groups is 1. The van der Waals surface area contributed by atoms with E-state index in [0.29, 0.717) is 0 Å². The molecule has 2 aromatic heterocycles. The van der Waals surface area contributed by atoms with Crippen LogP contribution in [-0.4, -0.2) is 22.8 Å². The first-order valence-electron chi connectivity index (χ1n) is 7.52. The zero-order valence-corrected chi connectivity index (χ0v) is 14.4. The summed E-state index contributed by atoms with van der Waals surface area (Å²) >= 11 is 1.47. The topological polar surface area (TPSA) is 33.2 Å². The highest BCUT2D eigenvalue weighted by atomic mass is 32.1. The lowest BCUT2D eigenvalue weighted by Gasteiger charge is -2.20. The number of carbonyl (C=O) groups excluding carboxylic acids is 1. The zero-order chi connectivity index (χ0) is 18.2. The van der Waals surface area contributed by atoms with Crippen LogP contribution >= 0.6 is 11.3 Å². The Hall–Kier alpha value is -2.41. The minimum absolute atomic E-state index is 0.0680. The molecule has 1 amide bonds. The van der Waals surface area contributed by atoms with Crippen molar-refractivity contribution in [2.45, 2.75) is 19.6 Å². The number of thiophene rings is 1. The molecule has 0 saturated heterocycles. The second-order valence-corrected chi connectivity index (χ2v) is 6.75. The first-order chi connectivity index (χ1) is 11.8. The van der Waals surface area contributed by atoms with E-state index in [1.54, 1.807) is 6.07 Å². The Labute approximate surface area is 146 Å². The first-order valence-corrected chi connectivity index (χ1v) is 8.40. The van der Waals surface area contributed by atoms with Crippen molar-refractivity contribution >= 4 is 28.1 Å². The van der Waals surface area contributed by atoms with Gasteiger partial charge in [-0.3, -0.25) is 9.78 Å². The van der Waals surface area contributed by atoms with Crippen LogP contribution in [-0.2, 0) is 12.7 Å². The molecule has 0 N–H and O–H groups in total. The van der Waals surface area contributed by atoms with Gasteiger partial charge in [-0.25, -0.2) is 0 Å². The van der Waals surface area contributed by atoms with Gasteiger partial charge >= 0.3 is 6.18 Å². The summed E-state index contributed by atoms with van der Waals surface area (Å²) in [5.41, 5.74) is -0.138. The zero-order valence-electron chi connectivity index (χ0n) is 13.6. The van der Waals surface area contributed by atoms with E-state index in [1.807, 2.05) is 18.4 Å². The maximum Gasteiger partial charge on any atom is 0.417 e. The molecule has 0 saturated carbocycles. The van der Waals surface area contributed by atoms with E-state index in [-0.39, 0.29) is 17.4 Å². The summed E-state index contributed by atoms with van der Waals surface area (Å²) in [5.74, 6) is -0.696. The van der Waals surface area contributed by atoms with Crippen molar-refractivity contribution in [1.82, 2.24) is 9.88 Å². The van der Waals surface area contributed by atoms with Gasteiger partial charge in [-0.1, -0.05) is 18.2 Å². The van der Waals surface area contributed by atoms with Gasteiger partial charge in [0.1, 0.15) is 0 Å². The number of benzene rings is 1. The third kappa shape index (κ3) is 3.37. The fourth-order valence-electron chi connectivity index (χ4n) is 2.67. The summed E-state index contributed by atoms with van der Waals surface area (Å²) in [4.78, 5) is 18.9. The number of fused-ring (bicyclic) bond motifs is 1. The number of para-hydroxylation sites is 1. The van der Waals surface area contributed by atoms with Gasteiger partial charge in [0.2, 0.25) is 0 Å². The van der Waals surface area contributed by atoms with Gasteiger partial charge in [0.15, 0.2) is 0 Å². The standard InChI is InChI=1S/C18H15F3N2OS/c1-11-7-8-25-15(11)10-23(2)17(24)13-9-22-14-6-4-3-5-12(14)16(13)18(19,20)21/h3-9H,10H2,1-2H3. The van der Waals surface area contributed by atoms with Gasteiger partial charge in [-0.15, -0.1) is 11.3 Å². The van der Waals surface area contributed by atoms with Gasteiger partial charge in [0.05, 0.1) is 23.2 Å². The normalized spacial score (nSPS) is 11.7. The molecular formula is C18H15F3N2OS. The van der Waals surface area contributed by atoms with Crippen molar-refractivity contribution < 1.29 is 18.0 Å². The molecule has 3 rings (SSSR count). The molecule has 2 heterocycles. The number of nitrogens with zero attached hydrogens (tertiary/aromatic N) is 2. The maximum atomic E-state index is 13.6. The summed E-state index contributed by atoms with van der Waals surface area (Å²) in [5, 5.41) is 1.82. The Morgan fingerprint density at radius 1 is 1.24 bits per heavy atom. The molecule has 3 nitrogen and oxygen atoms in total. The first kappa shape index (κ1) is 17.4. The van der Waals surface area contributed by atoms with Crippen LogP contribution in [0.3, 0.4) is 0 Å². The Kier molecular flexibility index (Phi) is 4.51. The molecule has 3 aromatic rings. The average molecular weight is 364 g/mol. The molecule has 0 aliphatic rings. The van der Waals surface area contributed by atoms with Crippen LogP contribution in [0.25, 0.3) is 10.9 Å². The molecule has 0 radical (unpaired) electrons. The molecule has 7 heteroatoms. The van der Waals surface area contributed by atoms with E-state index < -0.39 is 23.2 Å². The van der Waals surface area contributed by atoms with Crippen molar-refractivity contribution in [1.29, 1.82) is 0 Å². The van der Waals surface area contributed by atoms with E-state index in [1.165, 1.54) is 41.5 Å². The quantitative estimate of drug-likeness (QED) is 0.663. The molecule has 130 valence electrons. The molecule has 0 bridgehead atoms. The van der Waals surface area contributed by atoms with Crippen LogP contribution in [0.5, 0.6) is 0 Å². The molecule has 0 spiro atoms. The summed E-state index contributed by atoms with van der Waals surface area (Å²) < 4.78 is 40.9. The van der Waals surface area contributed by atoms with Gasteiger partial charge in [0, 0.05) is 23.5 Å². The van der Waals surface area contributed by atoms with Crippen LogP contribution in [0.15, 0.2) is 41.9 Å². The van der Waals surface area contributed by atoms with Gasteiger partial charge in [0.25, 0.3) is 5.91 Å². The highest BCUT2D eigenvalue weighted by Crippen LogP contribution is 2.37. The number of hydrogen-bond acceptors (Lipinski definition) is 3. The fourth-order valence-corrected chi connectivity index (χ4v) is 3.63. The van der Waals surface area contributed by atoms with Crippen molar-refractivity contribution in [2.24, 2.45) is 0 Å². The van der Waals surface area contributed by atoms with Crippen LogP contribution in [0.4, 0.5) is 13.2 Å². The number of pyridine rings is 1. The number of rotatable bonds is 3. The molecule has 0 aliphatic carbocycles. The van der Waals surface area contributed by atoms with Crippen LogP contribution < -0.4 is 0 Å². The maximum absolute atomic E-state index is 13.6. The second kappa shape index (κ2) is 6.48. The van der Waals surface area contributed by atoms with E-state index in [2.05, 4.69) is 4.98 Å². The van der Waals surface area contributed by atoms with Crippen molar-refractivity contribution in [2.75, 3.05) is 7.05 Å². The third-order valence-electron chi connectivity index (χ3n) is 3.98. The Bertz CT molecular complexity index is 933. The van der Waals surface area contributed by atoms with Crippen LogP contribution in [0, 0.1) is 6.92 Å². The highest BCUT2D eigenvalue weighted by Gasteiger charge is 2.38. The van der Waals surface area contributed by atoms with Crippen molar-refractivity contribution in [3.05, 3.63) is 63.5 Å². The largest absolute Gasteiger partial charge is 0.417 e. The Morgan fingerprint density at radius 3 is 2.60 bits per heavy atom. The smallest absolute Gasteiger partial charge is 0.336 e. The monoisotopic (exact) mass is 364 g/mol. The number of hydrogen-bond donors (Lipinski definition) is 0. The van der Waals surface area contributed by atoms with Crippen LogP contribution in [0.1, 0.15) is 26.4 Å². The van der Waals surface area contributed by atoms with Crippen LogP contribution in [0.2, 0.25) is 0 Å². The van der Waals surface area contributed by atoms with E-state index in [0.717, 1.165) is 16.6 Å². The molecule has 0 atom stereocenters.